The summed E-state index contributed by atoms with van der Waals surface area (Å²) in [5, 5.41) is 10.3. The van der Waals surface area contributed by atoms with Crippen LogP contribution < -0.4 is 4.74 Å². The Morgan fingerprint density at radius 2 is 1.73 bits per heavy atom. The van der Waals surface area contributed by atoms with Crippen molar-refractivity contribution in [3.63, 3.8) is 0 Å². The number of allylic oxidation sites excluding steroid dienone is 2. The van der Waals surface area contributed by atoms with E-state index in [1.165, 1.54) is 0 Å². The molecule has 1 aliphatic carbocycles. The number of ether oxygens (including phenoxy) is 1. The minimum atomic E-state index is -0.902. The third-order valence-electron chi connectivity index (χ3n) is 4.98. The molecule has 150 valence electrons. The average Bonchev–Trinajstić information content (AvgIpc) is 2.94. The zero-order valence-corrected chi connectivity index (χ0v) is 17.7. The number of hydrogen-bond acceptors (Lipinski definition) is 2. The summed E-state index contributed by atoms with van der Waals surface area (Å²) in [5.41, 5.74) is 5.01. The Morgan fingerprint density at radius 3 is 2.47 bits per heavy atom. The Kier molecular flexibility index (Phi) is 5.67. The number of para-hydroxylation sites is 1. The Labute approximate surface area is 184 Å². The minimum Gasteiger partial charge on any atom is -0.481 e. The zero-order valence-electron chi connectivity index (χ0n) is 16.2. The van der Waals surface area contributed by atoms with Crippen LogP contribution in [0.5, 0.6) is 11.5 Å². The first-order valence-electron chi connectivity index (χ1n) is 9.39. The maximum Gasteiger partial charge on any atom is 0.307 e. The summed E-state index contributed by atoms with van der Waals surface area (Å²) in [6, 6.07) is 20.8. The predicted octanol–water partition coefficient (Wildman–Crippen LogP) is 7.59. The van der Waals surface area contributed by atoms with E-state index in [0.29, 0.717) is 21.4 Å². The lowest BCUT2D eigenvalue weighted by atomic mass is 10.0. The number of halogens is 2. The molecule has 3 nitrogen and oxygen atoms in total. The van der Waals surface area contributed by atoms with Crippen LogP contribution in [0.3, 0.4) is 0 Å². The van der Waals surface area contributed by atoms with E-state index in [1.807, 2.05) is 73.7 Å². The number of rotatable bonds is 5. The first-order chi connectivity index (χ1) is 14.4. The zero-order chi connectivity index (χ0) is 21.3. The lowest BCUT2D eigenvalue weighted by molar-refractivity contribution is -0.135. The second kappa shape index (κ2) is 8.39. The molecule has 0 aromatic heterocycles. The molecule has 0 unspecified atom stereocenters. The molecule has 0 bridgehead atoms. The smallest absolute Gasteiger partial charge is 0.307 e. The van der Waals surface area contributed by atoms with Crippen LogP contribution in [0.4, 0.5) is 0 Å². The molecule has 0 saturated carbocycles. The number of benzene rings is 3. The Balaban J connectivity index is 1.77. The Morgan fingerprint density at radius 1 is 1.00 bits per heavy atom. The number of hydrogen-bond donors (Lipinski definition) is 1. The molecule has 3 aromatic rings. The lowest BCUT2D eigenvalue weighted by Gasteiger charge is -2.09. The molecule has 0 radical (unpaired) electrons. The van der Waals surface area contributed by atoms with E-state index in [2.05, 4.69) is 0 Å². The van der Waals surface area contributed by atoms with Crippen molar-refractivity contribution in [2.24, 2.45) is 0 Å². The average molecular weight is 437 g/mol. The molecule has 4 rings (SSSR count). The third kappa shape index (κ3) is 4.13. The van der Waals surface area contributed by atoms with Gasteiger partial charge >= 0.3 is 5.97 Å². The van der Waals surface area contributed by atoms with Crippen molar-refractivity contribution in [2.75, 3.05) is 0 Å². The lowest BCUT2D eigenvalue weighted by Crippen LogP contribution is -1.97. The summed E-state index contributed by atoms with van der Waals surface area (Å²) in [6.07, 6.45) is 1.90. The number of aliphatic carboxylic acids is 1. The highest BCUT2D eigenvalue weighted by Gasteiger charge is 2.28. The Hall–Kier alpha value is -3.01. The number of fused-ring (bicyclic) bond motifs is 1. The van der Waals surface area contributed by atoms with Crippen molar-refractivity contribution in [3.05, 3.63) is 99.0 Å². The molecule has 30 heavy (non-hydrogen) atoms. The van der Waals surface area contributed by atoms with E-state index in [-0.39, 0.29) is 6.42 Å². The first kappa shape index (κ1) is 20.3. The molecule has 0 fully saturated rings. The van der Waals surface area contributed by atoms with Gasteiger partial charge in [0.05, 0.1) is 11.4 Å². The van der Waals surface area contributed by atoms with Crippen LogP contribution in [0.2, 0.25) is 10.0 Å². The number of carboxylic acids is 1. The highest BCUT2D eigenvalue weighted by atomic mass is 35.5. The highest BCUT2D eigenvalue weighted by molar-refractivity contribution is 6.37. The van der Waals surface area contributed by atoms with E-state index < -0.39 is 5.97 Å². The van der Waals surface area contributed by atoms with E-state index in [0.717, 1.165) is 33.6 Å². The third-order valence-corrected chi connectivity index (χ3v) is 5.50. The van der Waals surface area contributed by atoms with Gasteiger partial charge in [-0.3, -0.25) is 4.79 Å². The fourth-order valence-electron chi connectivity index (χ4n) is 3.66. The van der Waals surface area contributed by atoms with E-state index >= 15 is 0 Å². The van der Waals surface area contributed by atoms with Crippen LogP contribution in [0.25, 0.3) is 17.2 Å². The number of carbonyl (C=O) groups is 1. The molecule has 0 amide bonds. The normalized spacial score (nSPS) is 14.2. The summed E-state index contributed by atoms with van der Waals surface area (Å²) >= 11 is 12.7. The van der Waals surface area contributed by atoms with Gasteiger partial charge in [0.15, 0.2) is 0 Å². The van der Waals surface area contributed by atoms with Gasteiger partial charge in [0, 0.05) is 10.6 Å². The summed E-state index contributed by atoms with van der Waals surface area (Å²) in [4.78, 5) is 11.4. The van der Waals surface area contributed by atoms with E-state index in [9.17, 15) is 9.90 Å². The van der Waals surface area contributed by atoms with Crippen LogP contribution >= 0.6 is 23.2 Å². The molecule has 0 saturated heterocycles. The predicted molar refractivity (Wildman–Crippen MR) is 122 cm³/mol. The summed E-state index contributed by atoms with van der Waals surface area (Å²) in [6.45, 7) is 1.92. The van der Waals surface area contributed by atoms with Gasteiger partial charge in [-0.1, -0.05) is 53.5 Å². The maximum absolute atomic E-state index is 11.4. The molecular formula is C25H18Cl2O3. The van der Waals surface area contributed by atoms with Gasteiger partial charge in [0.1, 0.15) is 11.5 Å². The monoisotopic (exact) mass is 436 g/mol. The van der Waals surface area contributed by atoms with E-state index in [1.54, 1.807) is 6.07 Å². The fraction of sp³-hybridized carbons (Fsp3) is 0.0800. The van der Waals surface area contributed by atoms with Crippen molar-refractivity contribution in [2.45, 2.75) is 13.3 Å². The van der Waals surface area contributed by atoms with Crippen LogP contribution in [-0.2, 0) is 4.79 Å². The van der Waals surface area contributed by atoms with Gasteiger partial charge in [-0.25, -0.2) is 0 Å². The molecule has 0 aliphatic heterocycles. The van der Waals surface area contributed by atoms with Gasteiger partial charge in [0.2, 0.25) is 0 Å². The molecule has 3 aromatic carbocycles. The van der Waals surface area contributed by atoms with Gasteiger partial charge in [0.25, 0.3) is 0 Å². The van der Waals surface area contributed by atoms with Crippen molar-refractivity contribution in [3.8, 4) is 11.5 Å². The van der Waals surface area contributed by atoms with Gasteiger partial charge in [-0.2, -0.15) is 0 Å². The van der Waals surface area contributed by atoms with Gasteiger partial charge in [-0.05, 0) is 77.2 Å². The van der Waals surface area contributed by atoms with Gasteiger partial charge < -0.3 is 9.84 Å². The van der Waals surface area contributed by atoms with Crippen molar-refractivity contribution in [1.29, 1.82) is 0 Å². The molecular weight excluding hydrogens is 419 g/mol. The molecule has 0 atom stereocenters. The van der Waals surface area contributed by atoms with Crippen LogP contribution in [-0.4, -0.2) is 11.1 Å². The highest BCUT2D eigenvalue weighted by Crippen LogP contribution is 2.47. The van der Waals surface area contributed by atoms with E-state index in [4.69, 9.17) is 27.9 Å². The van der Waals surface area contributed by atoms with Gasteiger partial charge in [-0.15, -0.1) is 0 Å². The Bertz CT molecular complexity index is 1190. The molecule has 0 heterocycles. The van der Waals surface area contributed by atoms with Crippen molar-refractivity contribution >= 4 is 46.4 Å². The quantitative estimate of drug-likeness (QED) is 0.447. The van der Waals surface area contributed by atoms with Crippen molar-refractivity contribution in [1.82, 2.24) is 0 Å². The minimum absolute atomic E-state index is 0.102. The maximum atomic E-state index is 11.4. The molecule has 1 N–H and O–H groups in total. The molecule has 5 heteroatoms. The molecule has 1 aliphatic rings. The van der Waals surface area contributed by atoms with Crippen LogP contribution in [0.15, 0.2) is 72.3 Å². The van der Waals surface area contributed by atoms with Crippen LogP contribution in [0, 0.1) is 0 Å². The summed E-state index contributed by atoms with van der Waals surface area (Å²) in [7, 11) is 0. The van der Waals surface area contributed by atoms with Crippen LogP contribution in [0.1, 0.15) is 30.0 Å². The second-order valence-electron chi connectivity index (χ2n) is 7.03. The molecule has 0 spiro atoms. The summed E-state index contributed by atoms with van der Waals surface area (Å²) < 4.78 is 5.93. The van der Waals surface area contributed by atoms with Crippen molar-refractivity contribution < 1.29 is 14.6 Å². The first-order valence-corrected chi connectivity index (χ1v) is 10.1. The largest absolute Gasteiger partial charge is 0.481 e. The summed E-state index contributed by atoms with van der Waals surface area (Å²) in [5.74, 6) is 0.568. The standard InChI is InChI=1S/C25H18Cl2O3/c1-15-20(22-12-17(26)13-23(27)25(22)21(15)14-24(28)29)11-16-6-5-9-19(10-16)30-18-7-3-2-4-8-18/h2-13H,14H2,1H3,(H,28,29)/b20-11-. The SMILES string of the molecule is CC1=C(CC(=O)O)c2c(Cl)cc(Cl)cc2/C1=C\c1cccc(Oc2ccccc2)c1. The second-order valence-corrected chi connectivity index (χ2v) is 7.87. The fourth-order valence-corrected chi connectivity index (χ4v) is 4.27. The topological polar surface area (TPSA) is 46.5 Å². The number of carboxylic acid groups (broad SMARTS) is 1.